The third kappa shape index (κ3) is 2.52. The summed E-state index contributed by atoms with van der Waals surface area (Å²) in [6, 6.07) is 7.69. The van der Waals surface area contributed by atoms with Gasteiger partial charge in [0.2, 0.25) is 11.7 Å². The number of aromatic nitrogens is 2. The predicted octanol–water partition coefficient (Wildman–Crippen LogP) is 3.25. The molecule has 0 saturated heterocycles. The molecule has 1 heterocycles. The van der Waals surface area contributed by atoms with Crippen LogP contribution in [0.4, 0.5) is 0 Å². The van der Waals surface area contributed by atoms with Crippen LogP contribution in [0.2, 0.25) is 0 Å². The summed E-state index contributed by atoms with van der Waals surface area (Å²) < 4.78 is 10.6. The van der Waals surface area contributed by atoms with Crippen molar-refractivity contribution >= 4 is 0 Å². The molecule has 0 radical (unpaired) electrons. The second kappa shape index (κ2) is 5.26. The van der Waals surface area contributed by atoms with E-state index in [4.69, 9.17) is 9.26 Å². The van der Waals surface area contributed by atoms with Crippen molar-refractivity contribution in [3.63, 3.8) is 0 Å². The fraction of sp³-hybridized carbons (Fsp3) is 0.333. The quantitative estimate of drug-likeness (QED) is 0.788. The van der Waals surface area contributed by atoms with Crippen molar-refractivity contribution in [3.05, 3.63) is 42.3 Å². The minimum Gasteiger partial charge on any atom is -0.496 e. The van der Waals surface area contributed by atoms with E-state index in [1.54, 1.807) is 7.11 Å². The Morgan fingerprint density at radius 1 is 1.37 bits per heavy atom. The van der Waals surface area contributed by atoms with Gasteiger partial charge in [0.1, 0.15) is 5.75 Å². The van der Waals surface area contributed by atoms with E-state index in [9.17, 15) is 0 Å². The van der Waals surface area contributed by atoms with Crippen molar-refractivity contribution in [1.29, 1.82) is 0 Å². The summed E-state index contributed by atoms with van der Waals surface area (Å²) in [4.78, 5) is 4.46. The normalized spacial score (nSPS) is 17.8. The molecule has 0 N–H and O–H groups in total. The number of methoxy groups -OCH3 is 1. The number of allylic oxidation sites excluding steroid dienone is 2. The van der Waals surface area contributed by atoms with Gasteiger partial charge in [-0.1, -0.05) is 29.4 Å². The van der Waals surface area contributed by atoms with E-state index >= 15 is 0 Å². The Bertz CT molecular complexity index is 589. The van der Waals surface area contributed by atoms with E-state index in [2.05, 4.69) is 22.3 Å². The van der Waals surface area contributed by atoms with Crippen LogP contribution in [0, 0.1) is 5.92 Å². The van der Waals surface area contributed by atoms with Crippen LogP contribution in [-0.2, 0) is 6.42 Å². The fourth-order valence-electron chi connectivity index (χ4n) is 2.37. The molecule has 19 heavy (non-hydrogen) atoms. The summed E-state index contributed by atoms with van der Waals surface area (Å²) in [7, 11) is 1.64. The Labute approximate surface area is 112 Å². The first-order valence-corrected chi connectivity index (χ1v) is 6.49. The second-order valence-electron chi connectivity index (χ2n) is 4.68. The van der Waals surface area contributed by atoms with Gasteiger partial charge in [-0.25, -0.2) is 0 Å². The predicted molar refractivity (Wildman–Crippen MR) is 71.9 cm³/mol. The molecule has 0 saturated carbocycles. The monoisotopic (exact) mass is 256 g/mol. The van der Waals surface area contributed by atoms with Gasteiger partial charge in [0.05, 0.1) is 12.7 Å². The second-order valence-corrected chi connectivity index (χ2v) is 4.68. The molecule has 4 nitrogen and oxygen atoms in total. The van der Waals surface area contributed by atoms with Crippen molar-refractivity contribution in [1.82, 2.24) is 10.1 Å². The third-order valence-electron chi connectivity index (χ3n) is 3.37. The lowest BCUT2D eigenvalue weighted by atomic mass is 10.1. The molecule has 1 atom stereocenters. The maximum absolute atomic E-state index is 5.33. The number of rotatable bonds is 4. The van der Waals surface area contributed by atoms with Gasteiger partial charge in [-0.2, -0.15) is 4.98 Å². The lowest BCUT2D eigenvalue weighted by Crippen LogP contribution is -1.97. The van der Waals surface area contributed by atoms with E-state index in [1.165, 1.54) is 6.42 Å². The maximum Gasteiger partial charge on any atom is 0.227 e. The van der Waals surface area contributed by atoms with E-state index in [0.29, 0.717) is 17.6 Å². The zero-order valence-electron chi connectivity index (χ0n) is 10.9. The molecule has 0 amide bonds. The van der Waals surface area contributed by atoms with Crippen molar-refractivity contribution in [2.24, 2.45) is 5.92 Å². The lowest BCUT2D eigenvalue weighted by molar-refractivity contribution is 0.363. The summed E-state index contributed by atoms with van der Waals surface area (Å²) in [5.74, 6) is 2.58. The molecular formula is C15H16N2O2. The molecule has 1 aromatic heterocycles. The molecule has 0 bridgehead atoms. The summed E-state index contributed by atoms with van der Waals surface area (Å²) in [6.45, 7) is 0. The van der Waals surface area contributed by atoms with Crippen molar-refractivity contribution in [3.8, 4) is 17.1 Å². The van der Waals surface area contributed by atoms with E-state index in [1.807, 2.05) is 24.3 Å². The molecule has 4 heteroatoms. The van der Waals surface area contributed by atoms with Gasteiger partial charge in [-0.05, 0) is 30.9 Å². The van der Waals surface area contributed by atoms with Gasteiger partial charge in [0.15, 0.2) is 0 Å². The fourth-order valence-corrected chi connectivity index (χ4v) is 2.37. The highest BCUT2D eigenvalue weighted by Crippen LogP contribution is 2.28. The van der Waals surface area contributed by atoms with Gasteiger partial charge in [0, 0.05) is 6.42 Å². The molecule has 0 aliphatic heterocycles. The average molecular weight is 256 g/mol. The van der Waals surface area contributed by atoms with Crippen molar-refractivity contribution in [2.45, 2.75) is 19.3 Å². The van der Waals surface area contributed by atoms with E-state index in [-0.39, 0.29) is 0 Å². The zero-order chi connectivity index (χ0) is 13.1. The van der Waals surface area contributed by atoms with Gasteiger partial charge in [-0.15, -0.1) is 0 Å². The van der Waals surface area contributed by atoms with E-state index < -0.39 is 0 Å². The molecule has 1 aliphatic rings. The Balaban J connectivity index is 1.82. The largest absolute Gasteiger partial charge is 0.496 e. The number of para-hydroxylation sites is 1. The molecule has 2 aromatic rings. The standard InChI is InChI=1S/C15H16N2O2/c1-18-13-9-5-4-8-12(13)15-16-14(19-17-15)10-11-6-2-3-7-11/h2,4-6,8-9,11H,3,7,10H2,1H3. The van der Waals surface area contributed by atoms with Gasteiger partial charge in [-0.3, -0.25) is 0 Å². The lowest BCUT2D eigenvalue weighted by Gasteiger charge is -2.03. The topological polar surface area (TPSA) is 48.2 Å². The minimum atomic E-state index is 0.533. The first-order valence-electron chi connectivity index (χ1n) is 6.49. The first kappa shape index (κ1) is 12.0. The summed E-state index contributed by atoms with van der Waals surface area (Å²) in [6.07, 6.45) is 7.58. The van der Waals surface area contributed by atoms with Crippen LogP contribution in [0.25, 0.3) is 11.4 Å². The third-order valence-corrected chi connectivity index (χ3v) is 3.37. The average Bonchev–Trinajstić information content (AvgIpc) is 3.11. The van der Waals surface area contributed by atoms with Gasteiger partial charge in [0.25, 0.3) is 0 Å². The molecule has 1 unspecified atom stereocenters. The molecule has 1 aliphatic carbocycles. The van der Waals surface area contributed by atoms with Crippen LogP contribution in [0.5, 0.6) is 5.75 Å². The van der Waals surface area contributed by atoms with Crippen LogP contribution in [-0.4, -0.2) is 17.3 Å². The maximum atomic E-state index is 5.33. The molecule has 1 aromatic carbocycles. The molecular weight excluding hydrogens is 240 g/mol. The Hall–Kier alpha value is -2.10. The number of hydrogen-bond acceptors (Lipinski definition) is 4. The first-order chi connectivity index (χ1) is 9.36. The van der Waals surface area contributed by atoms with Crippen molar-refractivity contribution < 1.29 is 9.26 Å². The zero-order valence-corrected chi connectivity index (χ0v) is 10.9. The number of benzene rings is 1. The van der Waals surface area contributed by atoms with Crippen LogP contribution in [0.15, 0.2) is 40.9 Å². The molecule has 3 rings (SSSR count). The Morgan fingerprint density at radius 2 is 2.26 bits per heavy atom. The van der Waals surface area contributed by atoms with Gasteiger partial charge < -0.3 is 9.26 Å². The molecule has 0 fully saturated rings. The summed E-state index contributed by atoms with van der Waals surface area (Å²) in [5.41, 5.74) is 0.863. The highest BCUT2D eigenvalue weighted by Gasteiger charge is 2.16. The molecule has 0 spiro atoms. The highest BCUT2D eigenvalue weighted by atomic mass is 16.5. The number of nitrogens with zero attached hydrogens (tertiary/aromatic N) is 2. The van der Waals surface area contributed by atoms with Crippen LogP contribution in [0.1, 0.15) is 18.7 Å². The smallest absolute Gasteiger partial charge is 0.227 e. The highest BCUT2D eigenvalue weighted by molar-refractivity contribution is 5.63. The van der Waals surface area contributed by atoms with Crippen molar-refractivity contribution in [2.75, 3.05) is 7.11 Å². The van der Waals surface area contributed by atoms with Crippen LogP contribution in [0.3, 0.4) is 0 Å². The summed E-state index contributed by atoms with van der Waals surface area (Å²) in [5, 5.41) is 4.05. The van der Waals surface area contributed by atoms with Gasteiger partial charge >= 0.3 is 0 Å². The summed E-state index contributed by atoms with van der Waals surface area (Å²) >= 11 is 0. The Kier molecular flexibility index (Phi) is 3.31. The minimum absolute atomic E-state index is 0.533. The SMILES string of the molecule is COc1ccccc1-c1noc(CC2C=CCC2)n1. The number of hydrogen-bond donors (Lipinski definition) is 0. The molecule has 98 valence electrons. The van der Waals surface area contributed by atoms with Crippen LogP contribution >= 0.6 is 0 Å². The van der Waals surface area contributed by atoms with Crippen LogP contribution < -0.4 is 4.74 Å². The van der Waals surface area contributed by atoms with E-state index in [0.717, 1.165) is 24.2 Å². The Morgan fingerprint density at radius 3 is 3.05 bits per heavy atom. The number of ether oxygens (including phenoxy) is 1.